The number of thioether (sulfide) groups is 1. The van der Waals surface area contributed by atoms with E-state index >= 15 is 0 Å². The average Bonchev–Trinajstić information content (AvgIpc) is 3.54. The second-order valence-corrected chi connectivity index (χ2v) is 11.7. The SMILES string of the molecule is CCCCCCN1C(=O)C2C(C(=O)Nc3cccc(SC)c3)C3C=CC2(O3)C1C(=O)NC1CCCCC1. The van der Waals surface area contributed by atoms with Gasteiger partial charge in [0.2, 0.25) is 17.7 Å². The Balaban J connectivity index is 1.40. The van der Waals surface area contributed by atoms with E-state index in [0.717, 1.165) is 56.3 Å². The van der Waals surface area contributed by atoms with Crippen LogP contribution < -0.4 is 10.6 Å². The zero-order valence-electron chi connectivity index (χ0n) is 21.9. The van der Waals surface area contributed by atoms with Crippen LogP contribution >= 0.6 is 11.8 Å². The van der Waals surface area contributed by atoms with Crippen molar-refractivity contribution in [3.05, 3.63) is 36.4 Å². The fourth-order valence-electron chi connectivity index (χ4n) is 6.67. The number of hydrogen-bond donors (Lipinski definition) is 2. The molecule has 5 unspecified atom stereocenters. The second kappa shape index (κ2) is 11.2. The van der Waals surface area contributed by atoms with E-state index in [-0.39, 0.29) is 23.8 Å². The van der Waals surface area contributed by atoms with Crippen LogP contribution in [0.2, 0.25) is 0 Å². The smallest absolute Gasteiger partial charge is 0.246 e. The minimum Gasteiger partial charge on any atom is -0.359 e. The molecule has 37 heavy (non-hydrogen) atoms. The van der Waals surface area contributed by atoms with Crippen molar-refractivity contribution in [2.75, 3.05) is 18.1 Å². The number of hydrogen-bond acceptors (Lipinski definition) is 5. The minimum absolute atomic E-state index is 0.134. The fourth-order valence-corrected chi connectivity index (χ4v) is 7.13. The summed E-state index contributed by atoms with van der Waals surface area (Å²) >= 11 is 1.61. The van der Waals surface area contributed by atoms with Crippen LogP contribution in [0.25, 0.3) is 0 Å². The van der Waals surface area contributed by atoms with Gasteiger partial charge in [-0.25, -0.2) is 0 Å². The zero-order valence-corrected chi connectivity index (χ0v) is 22.7. The third-order valence-corrected chi connectivity index (χ3v) is 9.19. The normalized spacial score (nSPS) is 30.5. The topological polar surface area (TPSA) is 87.7 Å². The van der Waals surface area contributed by atoms with Gasteiger partial charge in [-0.1, -0.05) is 63.7 Å². The van der Waals surface area contributed by atoms with E-state index < -0.39 is 29.6 Å². The van der Waals surface area contributed by atoms with Crippen LogP contribution in [-0.4, -0.2) is 59.2 Å². The van der Waals surface area contributed by atoms with Gasteiger partial charge in [0.15, 0.2) is 0 Å². The molecule has 8 heteroatoms. The molecule has 1 saturated carbocycles. The predicted octanol–water partition coefficient (Wildman–Crippen LogP) is 4.53. The molecule has 2 saturated heterocycles. The summed E-state index contributed by atoms with van der Waals surface area (Å²) in [7, 11) is 0. The van der Waals surface area contributed by atoms with Crippen molar-refractivity contribution < 1.29 is 19.1 Å². The summed E-state index contributed by atoms with van der Waals surface area (Å²) in [5, 5.41) is 6.27. The molecule has 2 N–H and O–H groups in total. The van der Waals surface area contributed by atoms with Crippen LogP contribution in [-0.2, 0) is 19.1 Å². The van der Waals surface area contributed by atoms with Gasteiger partial charge in [0.05, 0.1) is 17.9 Å². The quantitative estimate of drug-likeness (QED) is 0.266. The number of likely N-dealkylation sites (tertiary alicyclic amines) is 1. The Morgan fingerprint density at radius 2 is 1.95 bits per heavy atom. The van der Waals surface area contributed by atoms with Gasteiger partial charge in [-0.2, -0.15) is 0 Å². The van der Waals surface area contributed by atoms with Gasteiger partial charge in [0.25, 0.3) is 0 Å². The van der Waals surface area contributed by atoms with Crippen molar-refractivity contribution in [2.24, 2.45) is 11.8 Å². The molecule has 2 bridgehead atoms. The molecule has 4 aliphatic rings. The van der Waals surface area contributed by atoms with E-state index in [9.17, 15) is 14.4 Å². The Bertz CT molecular complexity index is 1060. The van der Waals surface area contributed by atoms with E-state index in [2.05, 4.69) is 17.6 Å². The Hall–Kier alpha value is -2.32. The lowest BCUT2D eigenvalue weighted by Crippen LogP contribution is -2.56. The third kappa shape index (κ3) is 4.94. The van der Waals surface area contributed by atoms with E-state index in [1.165, 1.54) is 6.42 Å². The number of rotatable bonds is 10. The Morgan fingerprint density at radius 3 is 2.70 bits per heavy atom. The first-order valence-corrected chi connectivity index (χ1v) is 15.1. The van der Waals surface area contributed by atoms with E-state index in [4.69, 9.17) is 4.74 Å². The number of carbonyl (C=O) groups is 3. The number of fused-ring (bicyclic) bond motifs is 1. The molecule has 1 spiro atoms. The molecular weight excluding hydrogens is 486 g/mol. The monoisotopic (exact) mass is 525 g/mol. The highest BCUT2D eigenvalue weighted by Crippen LogP contribution is 2.55. The largest absolute Gasteiger partial charge is 0.359 e. The molecule has 3 amide bonds. The molecule has 3 fully saturated rings. The zero-order chi connectivity index (χ0) is 26.0. The summed E-state index contributed by atoms with van der Waals surface area (Å²) < 4.78 is 6.45. The van der Waals surface area contributed by atoms with Crippen LogP contribution in [0.4, 0.5) is 5.69 Å². The summed E-state index contributed by atoms with van der Waals surface area (Å²) in [5.41, 5.74) is -0.389. The van der Waals surface area contributed by atoms with Gasteiger partial charge < -0.3 is 20.3 Å². The number of benzene rings is 1. The number of carbonyl (C=O) groups excluding carboxylic acids is 3. The molecule has 1 aromatic rings. The number of unbranched alkanes of at least 4 members (excludes halogenated alkanes) is 3. The number of anilines is 1. The first-order chi connectivity index (χ1) is 18.0. The van der Waals surface area contributed by atoms with Crippen LogP contribution in [0.1, 0.15) is 64.7 Å². The highest BCUT2D eigenvalue weighted by Gasteiger charge is 2.72. The average molecular weight is 526 g/mol. The van der Waals surface area contributed by atoms with Crippen LogP contribution in [0.15, 0.2) is 41.3 Å². The van der Waals surface area contributed by atoms with Crippen LogP contribution in [0.3, 0.4) is 0 Å². The molecule has 5 atom stereocenters. The van der Waals surface area contributed by atoms with Crippen molar-refractivity contribution in [3.8, 4) is 0 Å². The highest BCUT2D eigenvalue weighted by molar-refractivity contribution is 7.98. The van der Waals surface area contributed by atoms with Crippen molar-refractivity contribution in [3.63, 3.8) is 0 Å². The number of nitrogens with zero attached hydrogens (tertiary/aromatic N) is 1. The van der Waals surface area contributed by atoms with E-state index in [1.54, 1.807) is 16.7 Å². The van der Waals surface area contributed by atoms with Crippen LogP contribution in [0, 0.1) is 11.8 Å². The molecule has 3 heterocycles. The Morgan fingerprint density at radius 1 is 1.14 bits per heavy atom. The first-order valence-electron chi connectivity index (χ1n) is 13.9. The van der Waals surface area contributed by atoms with Gasteiger partial charge in [0.1, 0.15) is 11.6 Å². The van der Waals surface area contributed by atoms with Gasteiger partial charge in [0, 0.05) is 23.2 Å². The minimum atomic E-state index is -1.09. The maximum Gasteiger partial charge on any atom is 0.246 e. The summed E-state index contributed by atoms with van der Waals surface area (Å²) in [6, 6.07) is 7.08. The van der Waals surface area contributed by atoms with Crippen molar-refractivity contribution >= 4 is 35.2 Å². The van der Waals surface area contributed by atoms with Crippen LogP contribution in [0.5, 0.6) is 0 Å². The number of ether oxygens (including phenoxy) is 1. The van der Waals surface area contributed by atoms with Crippen molar-refractivity contribution in [1.82, 2.24) is 10.2 Å². The van der Waals surface area contributed by atoms with Gasteiger partial charge in [-0.05, 0) is 43.7 Å². The van der Waals surface area contributed by atoms with Crippen molar-refractivity contribution in [1.29, 1.82) is 0 Å². The van der Waals surface area contributed by atoms with Gasteiger partial charge >= 0.3 is 0 Å². The first kappa shape index (κ1) is 26.3. The molecule has 1 aliphatic carbocycles. The van der Waals surface area contributed by atoms with Gasteiger partial charge in [-0.3, -0.25) is 14.4 Å². The van der Waals surface area contributed by atoms with Gasteiger partial charge in [-0.15, -0.1) is 11.8 Å². The molecule has 7 nitrogen and oxygen atoms in total. The summed E-state index contributed by atoms with van der Waals surface area (Å²) in [5.74, 6) is -1.87. The lowest BCUT2D eigenvalue weighted by atomic mass is 9.74. The summed E-state index contributed by atoms with van der Waals surface area (Å²) in [6.07, 6.45) is 14.7. The standard InChI is InChI=1S/C29H39N3O4S/c1-3-4-5-9-17-32-25(27(34)30-19-11-7-6-8-12-19)29-16-15-22(36-29)23(24(29)28(32)35)26(33)31-20-13-10-14-21(18-20)37-2/h10,13-16,18-19,22-25H,3-9,11-12,17H2,1-2H3,(H,30,34)(H,31,33). The molecule has 1 aromatic carbocycles. The maximum atomic E-state index is 14.0. The number of amides is 3. The highest BCUT2D eigenvalue weighted by atomic mass is 32.2. The number of nitrogens with one attached hydrogen (secondary N) is 2. The van der Waals surface area contributed by atoms with Crippen molar-refractivity contribution in [2.45, 2.75) is 93.4 Å². The Kier molecular flexibility index (Phi) is 7.96. The molecule has 0 radical (unpaired) electrons. The lowest BCUT2D eigenvalue weighted by molar-refractivity contribution is -0.141. The summed E-state index contributed by atoms with van der Waals surface area (Å²) in [6.45, 7) is 2.66. The molecule has 5 rings (SSSR count). The molecule has 200 valence electrons. The maximum absolute atomic E-state index is 14.0. The van der Waals surface area contributed by atoms with E-state index in [1.807, 2.05) is 42.7 Å². The second-order valence-electron chi connectivity index (χ2n) is 10.9. The fraction of sp³-hybridized carbons (Fsp3) is 0.621. The molecule has 3 aliphatic heterocycles. The third-order valence-electron chi connectivity index (χ3n) is 8.47. The molecule has 0 aromatic heterocycles. The lowest BCUT2D eigenvalue weighted by Gasteiger charge is -2.34. The Labute approximate surface area is 224 Å². The summed E-state index contributed by atoms with van der Waals surface area (Å²) in [4.78, 5) is 44.1. The molecular formula is C29H39N3O4S. The predicted molar refractivity (Wildman–Crippen MR) is 145 cm³/mol. The van der Waals surface area contributed by atoms with E-state index in [0.29, 0.717) is 12.2 Å².